The summed E-state index contributed by atoms with van der Waals surface area (Å²) >= 11 is 0. The third-order valence-corrected chi connectivity index (χ3v) is 1.64. The summed E-state index contributed by atoms with van der Waals surface area (Å²) < 4.78 is 18.0. The molecule has 1 aromatic rings. The van der Waals surface area contributed by atoms with Gasteiger partial charge in [-0.2, -0.15) is 0 Å². The van der Waals surface area contributed by atoms with Crippen molar-refractivity contribution in [3.8, 4) is 5.88 Å². The van der Waals surface area contributed by atoms with E-state index >= 15 is 0 Å². The first kappa shape index (κ1) is 14.3. The maximum absolute atomic E-state index is 13.2. The molecule has 5 heteroatoms. The molecule has 0 spiro atoms. The van der Waals surface area contributed by atoms with Gasteiger partial charge in [-0.3, -0.25) is 4.79 Å². The van der Waals surface area contributed by atoms with Crippen LogP contribution in [0, 0.1) is 5.82 Å². The number of rotatable bonds is 3. The maximum Gasteiger partial charge on any atom is 0.240 e. The highest BCUT2D eigenvalue weighted by Crippen LogP contribution is 2.24. The van der Waals surface area contributed by atoms with Crippen LogP contribution in [0.4, 0.5) is 10.1 Å². The summed E-state index contributed by atoms with van der Waals surface area (Å²) in [5, 5.41) is 2.38. The lowest BCUT2D eigenvalue weighted by Gasteiger charge is -2.08. The van der Waals surface area contributed by atoms with E-state index < -0.39 is 5.82 Å². The molecule has 1 heterocycles. The van der Waals surface area contributed by atoms with E-state index in [1.807, 2.05) is 13.8 Å². The van der Waals surface area contributed by atoms with Gasteiger partial charge in [0, 0.05) is 12.6 Å². The number of carbonyl (C=O) groups is 1. The van der Waals surface area contributed by atoms with Crippen LogP contribution in [0.5, 0.6) is 5.88 Å². The molecule has 1 aromatic heterocycles. The van der Waals surface area contributed by atoms with Gasteiger partial charge in [-0.05, 0) is 6.07 Å². The minimum absolute atomic E-state index is 0.0122. The summed E-state index contributed by atoms with van der Waals surface area (Å²) in [6.45, 7) is 5.68. The van der Waals surface area contributed by atoms with Crippen LogP contribution in [-0.2, 0) is 4.79 Å². The molecule has 0 saturated heterocycles. The smallest absolute Gasteiger partial charge is 0.240 e. The predicted molar refractivity (Wildman–Crippen MR) is 61.0 cm³/mol. The van der Waals surface area contributed by atoms with Gasteiger partial charge in [-0.15, -0.1) is 0 Å². The van der Waals surface area contributed by atoms with E-state index in [-0.39, 0.29) is 23.9 Å². The second-order valence-electron chi connectivity index (χ2n) is 2.58. The summed E-state index contributed by atoms with van der Waals surface area (Å²) in [4.78, 5) is 14.8. The van der Waals surface area contributed by atoms with Crippen molar-refractivity contribution in [2.45, 2.75) is 27.2 Å². The van der Waals surface area contributed by atoms with Gasteiger partial charge >= 0.3 is 0 Å². The SMILES string of the molecule is CC.CCC(=O)Nc1c(F)ccnc1OC. The van der Waals surface area contributed by atoms with Gasteiger partial charge in [0.2, 0.25) is 11.8 Å². The number of hydrogen-bond acceptors (Lipinski definition) is 3. The Hall–Kier alpha value is -1.65. The van der Waals surface area contributed by atoms with Crippen molar-refractivity contribution in [1.29, 1.82) is 0 Å². The van der Waals surface area contributed by atoms with Crippen molar-refractivity contribution < 1.29 is 13.9 Å². The number of nitrogens with zero attached hydrogens (tertiary/aromatic N) is 1. The average molecular weight is 228 g/mol. The van der Waals surface area contributed by atoms with Crippen LogP contribution in [0.3, 0.4) is 0 Å². The van der Waals surface area contributed by atoms with Crippen LogP contribution in [0.25, 0.3) is 0 Å². The molecular weight excluding hydrogens is 211 g/mol. The molecule has 4 nitrogen and oxygen atoms in total. The fourth-order valence-electron chi connectivity index (χ4n) is 0.916. The Kier molecular flexibility index (Phi) is 6.83. The molecule has 1 rings (SSSR count). The number of halogens is 1. The highest BCUT2D eigenvalue weighted by molar-refractivity contribution is 5.91. The fraction of sp³-hybridized carbons (Fsp3) is 0.455. The number of carbonyl (C=O) groups excluding carboxylic acids is 1. The van der Waals surface area contributed by atoms with Crippen LogP contribution in [0.2, 0.25) is 0 Å². The van der Waals surface area contributed by atoms with Crippen LogP contribution >= 0.6 is 0 Å². The summed E-state index contributed by atoms with van der Waals surface area (Å²) in [5.41, 5.74) is -0.0122. The van der Waals surface area contributed by atoms with Gasteiger partial charge in [0.25, 0.3) is 0 Å². The van der Waals surface area contributed by atoms with Gasteiger partial charge in [0.05, 0.1) is 7.11 Å². The molecule has 0 aliphatic carbocycles. The summed E-state index contributed by atoms with van der Waals surface area (Å²) in [5.74, 6) is -0.763. The monoisotopic (exact) mass is 228 g/mol. The molecule has 0 aliphatic heterocycles. The van der Waals surface area contributed by atoms with Gasteiger partial charge in [0.1, 0.15) is 5.69 Å². The quantitative estimate of drug-likeness (QED) is 0.865. The zero-order valence-electron chi connectivity index (χ0n) is 10.0. The molecule has 1 amide bonds. The fourth-order valence-corrected chi connectivity index (χ4v) is 0.916. The number of methoxy groups -OCH3 is 1. The zero-order valence-corrected chi connectivity index (χ0v) is 10.0. The number of nitrogens with one attached hydrogen (secondary N) is 1. The normalized spacial score (nSPS) is 8.81. The van der Waals surface area contributed by atoms with Crippen molar-refractivity contribution >= 4 is 11.6 Å². The Morgan fingerprint density at radius 1 is 1.56 bits per heavy atom. The number of anilines is 1. The van der Waals surface area contributed by atoms with E-state index in [9.17, 15) is 9.18 Å². The Morgan fingerprint density at radius 3 is 2.69 bits per heavy atom. The number of amides is 1. The first-order valence-electron chi connectivity index (χ1n) is 5.17. The standard InChI is InChI=1S/C9H11FN2O2.C2H6/c1-3-7(13)12-8-6(10)4-5-11-9(8)14-2;1-2/h4-5H,3H2,1-2H3,(H,12,13);1-2H3. The van der Waals surface area contributed by atoms with Crippen LogP contribution in [-0.4, -0.2) is 18.0 Å². The molecular formula is C11H17FN2O2. The highest BCUT2D eigenvalue weighted by Gasteiger charge is 2.12. The van der Waals surface area contributed by atoms with Crippen LogP contribution in [0.1, 0.15) is 27.2 Å². The molecule has 0 aliphatic rings. The second kappa shape index (κ2) is 7.62. The van der Waals surface area contributed by atoms with Crippen molar-refractivity contribution in [1.82, 2.24) is 4.98 Å². The van der Waals surface area contributed by atoms with E-state index in [1.54, 1.807) is 6.92 Å². The topological polar surface area (TPSA) is 51.2 Å². The minimum atomic E-state index is -0.557. The van der Waals surface area contributed by atoms with Crippen molar-refractivity contribution in [3.63, 3.8) is 0 Å². The predicted octanol–water partition coefficient (Wildman–Crippen LogP) is 2.60. The van der Waals surface area contributed by atoms with E-state index in [0.717, 1.165) is 6.07 Å². The Balaban J connectivity index is 0.00000106. The molecule has 0 unspecified atom stereocenters. The molecule has 90 valence electrons. The summed E-state index contributed by atoms with van der Waals surface area (Å²) in [6.07, 6.45) is 1.55. The lowest BCUT2D eigenvalue weighted by Crippen LogP contribution is -2.12. The second-order valence-corrected chi connectivity index (χ2v) is 2.58. The van der Waals surface area contributed by atoms with Crippen LogP contribution < -0.4 is 10.1 Å². The van der Waals surface area contributed by atoms with E-state index in [2.05, 4.69) is 10.3 Å². The molecule has 0 bridgehead atoms. The minimum Gasteiger partial charge on any atom is -0.479 e. The zero-order chi connectivity index (χ0) is 12.6. The van der Waals surface area contributed by atoms with Crippen molar-refractivity contribution in [3.05, 3.63) is 18.1 Å². The van der Waals surface area contributed by atoms with Crippen molar-refractivity contribution in [2.24, 2.45) is 0 Å². The number of aromatic nitrogens is 1. The van der Waals surface area contributed by atoms with Crippen LogP contribution in [0.15, 0.2) is 12.3 Å². The molecule has 0 radical (unpaired) electrons. The third kappa shape index (κ3) is 3.84. The summed E-state index contributed by atoms with van der Waals surface area (Å²) in [6, 6.07) is 1.16. The van der Waals surface area contributed by atoms with E-state index in [0.29, 0.717) is 0 Å². The number of pyridine rings is 1. The van der Waals surface area contributed by atoms with E-state index in [1.165, 1.54) is 13.3 Å². The van der Waals surface area contributed by atoms with Gasteiger partial charge < -0.3 is 10.1 Å². The first-order chi connectivity index (χ1) is 7.69. The summed E-state index contributed by atoms with van der Waals surface area (Å²) in [7, 11) is 1.36. The lowest BCUT2D eigenvalue weighted by molar-refractivity contribution is -0.115. The average Bonchev–Trinajstić information content (AvgIpc) is 2.34. The molecule has 0 atom stereocenters. The third-order valence-electron chi connectivity index (χ3n) is 1.64. The molecule has 16 heavy (non-hydrogen) atoms. The highest BCUT2D eigenvalue weighted by atomic mass is 19.1. The van der Waals surface area contributed by atoms with Crippen molar-refractivity contribution in [2.75, 3.05) is 12.4 Å². The lowest BCUT2D eigenvalue weighted by atomic mass is 10.3. The molecule has 0 saturated carbocycles. The van der Waals surface area contributed by atoms with E-state index in [4.69, 9.17) is 4.74 Å². The molecule has 0 fully saturated rings. The van der Waals surface area contributed by atoms with Gasteiger partial charge in [-0.1, -0.05) is 20.8 Å². The van der Waals surface area contributed by atoms with Gasteiger partial charge in [-0.25, -0.2) is 9.37 Å². The number of hydrogen-bond donors (Lipinski definition) is 1. The molecule has 0 aromatic carbocycles. The number of ether oxygens (including phenoxy) is 1. The largest absolute Gasteiger partial charge is 0.479 e. The Morgan fingerprint density at radius 2 is 2.19 bits per heavy atom. The van der Waals surface area contributed by atoms with Gasteiger partial charge in [0.15, 0.2) is 5.82 Å². The molecule has 1 N–H and O–H groups in total. The Bertz CT molecular complexity index is 343. The first-order valence-corrected chi connectivity index (χ1v) is 5.17. The Labute approximate surface area is 94.8 Å². The maximum atomic E-state index is 13.2.